The van der Waals surface area contributed by atoms with Crippen molar-refractivity contribution in [2.24, 2.45) is 0 Å². The van der Waals surface area contributed by atoms with Gasteiger partial charge >= 0.3 is 0 Å². The molecule has 0 saturated heterocycles. The third-order valence-electron chi connectivity index (χ3n) is 2.50. The molecule has 0 aromatic heterocycles. The number of hydrogen-bond acceptors (Lipinski definition) is 2. The minimum atomic E-state index is -0.566. The maximum absolute atomic E-state index is 13.6. The van der Waals surface area contributed by atoms with E-state index in [1.807, 2.05) is 0 Å². The SMILES string of the molecule is COc1cccc(NC(=O)c2cc(Br)ccc2F)c1. The maximum Gasteiger partial charge on any atom is 0.258 e. The topological polar surface area (TPSA) is 38.3 Å². The van der Waals surface area contributed by atoms with E-state index in [1.54, 1.807) is 24.3 Å². The third kappa shape index (κ3) is 3.32. The number of benzene rings is 2. The average Bonchev–Trinajstić information content (AvgIpc) is 2.41. The second kappa shape index (κ2) is 5.84. The van der Waals surface area contributed by atoms with Gasteiger partial charge in [0.05, 0.1) is 12.7 Å². The second-order valence-electron chi connectivity index (χ2n) is 3.81. The van der Waals surface area contributed by atoms with Crippen LogP contribution in [0.15, 0.2) is 46.9 Å². The van der Waals surface area contributed by atoms with E-state index in [2.05, 4.69) is 21.2 Å². The van der Waals surface area contributed by atoms with Gasteiger partial charge in [-0.05, 0) is 30.3 Å². The van der Waals surface area contributed by atoms with Crippen LogP contribution in [0.4, 0.5) is 10.1 Å². The quantitative estimate of drug-likeness (QED) is 0.931. The molecule has 2 aromatic carbocycles. The standard InChI is InChI=1S/C14H11BrFNO2/c1-19-11-4-2-3-10(8-11)17-14(18)12-7-9(15)5-6-13(12)16/h2-8H,1H3,(H,17,18). The lowest BCUT2D eigenvalue weighted by atomic mass is 10.2. The van der Waals surface area contributed by atoms with Crippen molar-refractivity contribution >= 4 is 27.5 Å². The summed E-state index contributed by atoms with van der Waals surface area (Å²) < 4.78 is 19.3. The summed E-state index contributed by atoms with van der Waals surface area (Å²) in [7, 11) is 1.54. The number of amides is 1. The highest BCUT2D eigenvalue weighted by molar-refractivity contribution is 9.10. The van der Waals surface area contributed by atoms with E-state index in [-0.39, 0.29) is 5.56 Å². The van der Waals surface area contributed by atoms with Crippen LogP contribution in [0, 0.1) is 5.82 Å². The van der Waals surface area contributed by atoms with E-state index in [1.165, 1.54) is 25.3 Å². The highest BCUT2D eigenvalue weighted by atomic mass is 79.9. The Morgan fingerprint density at radius 3 is 2.79 bits per heavy atom. The maximum atomic E-state index is 13.6. The molecule has 5 heteroatoms. The van der Waals surface area contributed by atoms with Crippen LogP contribution in [-0.2, 0) is 0 Å². The zero-order valence-corrected chi connectivity index (χ0v) is 11.7. The number of methoxy groups -OCH3 is 1. The van der Waals surface area contributed by atoms with Crippen molar-refractivity contribution in [3.8, 4) is 5.75 Å². The molecule has 0 atom stereocenters. The first kappa shape index (κ1) is 13.5. The van der Waals surface area contributed by atoms with Gasteiger partial charge in [-0.2, -0.15) is 0 Å². The molecule has 0 radical (unpaired) electrons. The fourth-order valence-electron chi connectivity index (χ4n) is 1.57. The van der Waals surface area contributed by atoms with E-state index >= 15 is 0 Å². The average molecular weight is 324 g/mol. The second-order valence-corrected chi connectivity index (χ2v) is 4.73. The molecule has 1 N–H and O–H groups in total. The lowest BCUT2D eigenvalue weighted by molar-refractivity contribution is 0.102. The molecular formula is C14H11BrFNO2. The Morgan fingerprint density at radius 1 is 1.26 bits per heavy atom. The van der Waals surface area contributed by atoms with Crippen LogP contribution >= 0.6 is 15.9 Å². The Morgan fingerprint density at radius 2 is 2.05 bits per heavy atom. The van der Waals surface area contributed by atoms with Crippen LogP contribution in [0.1, 0.15) is 10.4 Å². The predicted molar refractivity (Wildman–Crippen MR) is 75.0 cm³/mol. The molecule has 0 aliphatic heterocycles. The summed E-state index contributed by atoms with van der Waals surface area (Å²) in [6, 6.07) is 11.1. The number of halogens is 2. The Kier molecular flexibility index (Phi) is 4.16. The number of hydrogen-bond donors (Lipinski definition) is 1. The van der Waals surface area contributed by atoms with Gasteiger partial charge in [0.15, 0.2) is 0 Å². The first-order chi connectivity index (χ1) is 9.10. The van der Waals surface area contributed by atoms with Crippen molar-refractivity contribution in [2.45, 2.75) is 0 Å². The minimum absolute atomic E-state index is 0.0165. The van der Waals surface area contributed by atoms with Crippen molar-refractivity contribution in [1.82, 2.24) is 0 Å². The molecule has 2 aromatic rings. The van der Waals surface area contributed by atoms with Gasteiger partial charge in [-0.15, -0.1) is 0 Å². The number of nitrogens with one attached hydrogen (secondary N) is 1. The summed E-state index contributed by atoms with van der Waals surface area (Å²) in [5.74, 6) is -0.455. The lowest BCUT2D eigenvalue weighted by Crippen LogP contribution is -2.13. The van der Waals surface area contributed by atoms with Gasteiger partial charge in [-0.25, -0.2) is 4.39 Å². The fraction of sp³-hybridized carbons (Fsp3) is 0.0714. The third-order valence-corrected chi connectivity index (χ3v) is 2.99. The summed E-state index contributed by atoms with van der Waals surface area (Å²) in [6.45, 7) is 0. The van der Waals surface area contributed by atoms with Crippen molar-refractivity contribution in [3.63, 3.8) is 0 Å². The Balaban J connectivity index is 2.23. The van der Waals surface area contributed by atoms with Crippen molar-refractivity contribution in [1.29, 1.82) is 0 Å². The largest absolute Gasteiger partial charge is 0.497 e. The summed E-state index contributed by atoms with van der Waals surface area (Å²) in [5, 5.41) is 2.62. The van der Waals surface area contributed by atoms with E-state index in [4.69, 9.17) is 4.74 Å². The Bertz CT molecular complexity index is 616. The molecule has 98 valence electrons. The molecule has 0 bridgehead atoms. The number of rotatable bonds is 3. The first-order valence-corrected chi connectivity index (χ1v) is 6.30. The van der Waals surface area contributed by atoms with Gasteiger partial charge in [0.25, 0.3) is 5.91 Å². The number of carbonyl (C=O) groups excluding carboxylic acids is 1. The first-order valence-electron chi connectivity index (χ1n) is 5.50. The molecule has 0 fully saturated rings. The van der Waals surface area contributed by atoms with Gasteiger partial charge in [0, 0.05) is 16.2 Å². The summed E-state index contributed by atoms with van der Waals surface area (Å²) in [6.07, 6.45) is 0. The minimum Gasteiger partial charge on any atom is -0.497 e. The summed E-state index contributed by atoms with van der Waals surface area (Å²) in [4.78, 5) is 12.0. The molecule has 0 saturated carbocycles. The lowest BCUT2D eigenvalue weighted by Gasteiger charge is -2.08. The zero-order valence-electron chi connectivity index (χ0n) is 10.1. The zero-order chi connectivity index (χ0) is 13.8. The van der Waals surface area contributed by atoms with Crippen molar-refractivity contribution in [3.05, 3.63) is 58.3 Å². The summed E-state index contributed by atoms with van der Waals surface area (Å²) in [5.41, 5.74) is 0.529. The number of ether oxygens (including phenoxy) is 1. The van der Waals surface area contributed by atoms with E-state index in [0.29, 0.717) is 15.9 Å². The molecule has 1 amide bonds. The highest BCUT2D eigenvalue weighted by Crippen LogP contribution is 2.20. The molecule has 0 aliphatic rings. The van der Waals surface area contributed by atoms with Gasteiger partial charge in [-0.1, -0.05) is 22.0 Å². The molecule has 0 heterocycles. The molecule has 0 unspecified atom stereocenters. The van der Waals surface area contributed by atoms with Crippen LogP contribution in [0.2, 0.25) is 0 Å². The smallest absolute Gasteiger partial charge is 0.258 e. The highest BCUT2D eigenvalue weighted by Gasteiger charge is 2.12. The van der Waals surface area contributed by atoms with Crippen LogP contribution in [0.5, 0.6) is 5.75 Å². The van der Waals surface area contributed by atoms with Crippen molar-refractivity contribution < 1.29 is 13.9 Å². The predicted octanol–water partition coefficient (Wildman–Crippen LogP) is 3.85. The van der Waals surface area contributed by atoms with Crippen LogP contribution < -0.4 is 10.1 Å². The van der Waals surface area contributed by atoms with Crippen molar-refractivity contribution in [2.75, 3.05) is 12.4 Å². The van der Waals surface area contributed by atoms with Crippen LogP contribution in [0.3, 0.4) is 0 Å². The molecule has 3 nitrogen and oxygen atoms in total. The van der Waals surface area contributed by atoms with E-state index < -0.39 is 11.7 Å². The molecule has 0 spiro atoms. The summed E-state index contributed by atoms with van der Waals surface area (Å²) >= 11 is 3.21. The Hall–Kier alpha value is -1.88. The van der Waals surface area contributed by atoms with Gasteiger partial charge < -0.3 is 10.1 Å². The molecule has 2 rings (SSSR count). The number of anilines is 1. The van der Waals surface area contributed by atoms with Gasteiger partial charge in [0.2, 0.25) is 0 Å². The van der Waals surface area contributed by atoms with E-state index in [9.17, 15) is 9.18 Å². The molecule has 19 heavy (non-hydrogen) atoms. The normalized spacial score (nSPS) is 10.1. The number of carbonyl (C=O) groups is 1. The Labute approximate surface area is 118 Å². The molecule has 0 aliphatic carbocycles. The van der Waals surface area contributed by atoms with Crippen LogP contribution in [0.25, 0.3) is 0 Å². The van der Waals surface area contributed by atoms with Gasteiger partial charge in [-0.3, -0.25) is 4.79 Å². The van der Waals surface area contributed by atoms with Crippen LogP contribution in [-0.4, -0.2) is 13.0 Å². The molecular weight excluding hydrogens is 313 g/mol. The fourth-order valence-corrected chi connectivity index (χ4v) is 1.93. The monoisotopic (exact) mass is 323 g/mol. The van der Waals surface area contributed by atoms with Gasteiger partial charge in [0.1, 0.15) is 11.6 Å². The van der Waals surface area contributed by atoms with E-state index in [0.717, 1.165) is 0 Å².